The van der Waals surface area contributed by atoms with Crippen molar-refractivity contribution in [3.8, 4) is 28.8 Å². The number of rotatable bonds is 5. The minimum Gasteiger partial charge on any atom is -0.493 e. The summed E-state index contributed by atoms with van der Waals surface area (Å²) >= 11 is 13.5. The summed E-state index contributed by atoms with van der Waals surface area (Å²) in [6, 6.07) is 12.9. The highest BCUT2D eigenvalue weighted by atomic mass is 35.5. The van der Waals surface area contributed by atoms with Gasteiger partial charge in [-0.2, -0.15) is 5.26 Å². The van der Waals surface area contributed by atoms with Gasteiger partial charge < -0.3 is 9.47 Å². The summed E-state index contributed by atoms with van der Waals surface area (Å²) < 4.78 is 10.6. The van der Waals surface area contributed by atoms with Crippen LogP contribution in [0.1, 0.15) is 10.6 Å². The molecule has 0 spiro atoms. The van der Waals surface area contributed by atoms with Crippen LogP contribution in [0.25, 0.3) is 22.9 Å². The standard InChI is InChI=1S/C20H14Cl2N2O2S/c1-25-18-6-4-13(8-19(18)26-2)17-11-27-20(24-17)14(10-23)7-12-3-5-15(21)9-16(12)22/h3-9,11H,1-2H3/b14-7-. The number of methoxy groups -OCH3 is 2. The van der Waals surface area contributed by atoms with Gasteiger partial charge in [0.15, 0.2) is 11.5 Å². The molecule has 0 saturated carbocycles. The lowest BCUT2D eigenvalue weighted by Crippen LogP contribution is -1.91. The number of ether oxygens (including phenoxy) is 2. The topological polar surface area (TPSA) is 55.1 Å². The average Bonchev–Trinajstić information content (AvgIpc) is 3.16. The third-order valence-electron chi connectivity index (χ3n) is 3.80. The monoisotopic (exact) mass is 416 g/mol. The fourth-order valence-corrected chi connectivity index (χ4v) is 3.70. The van der Waals surface area contributed by atoms with Crippen LogP contribution >= 0.6 is 34.5 Å². The third kappa shape index (κ3) is 4.25. The lowest BCUT2D eigenvalue weighted by Gasteiger charge is -2.08. The van der Waals surface area contributed by atoms with E-state index in [-0.39, 0.29) is 0 Å². The Bertz CT molecular complexity index is 1050. The number of hydrogen-bond acceptors (Lipinski definition) is 5. The number of allylic oxidation sites excluding steroid dienone is 1. The number of aromatic nitrogens is 1. The number of hydrogen-bond donors (Lipinski definition) is 0. The zero-order valence-corrected chi connectivity index (χ0v) is 16.8. The van der Waals surface area contributed by atoms with E-state index >= 15 is 0 Å². The van der Waals surface area contributed by atoms with Gasteiger partial charge in [0.2, 0.25) is 0 Å². The van der Waals surface area contributed by atoms with Crippen LogP contribution in [-0.4, -0.2) is 19.2 Å². The van der Waals surface area contributed by atoms with E-state index in [1.54, 1.807) is 38.5 Å². The van der Waals surface area contributed by atoms with Crippen molar-refractivity contribution in [2.45, 2.75) is 0 Å². The van der Waals surface area contributed by atoms with E-state index in [0.717, 1.165) is 11.3 Å². The van der Waals surface area contributed by atoms with Gasteiger partial charge in [-0.05, 0) is 42.0 Å². The van der Waals surface area contributed by atoms with E-state index < -0.39 is 0 Å². The lowest BCUT2D eigenvalue weighted by atomic mass is 10.1. The van der Waals surface area contributed by atoms with Crippen LogP contribution in [0, 0.1) is 11.3 Å². The van der Waals surface area contributed by atoms with Crippen LogP contribution in [0.15, 0.2) is 41.8 Å². The summed E-state index contributed by atoms with van der Waals surface area (Å²) in [6.45, 7) is 0. The van der Waals surface area contributed by atoms with E-state index in [2.05, 4.69) is 11.1 Å². The Kier molecular flexibility index (Phi) is 6.02. The molecule has 1 aromatic heterocycles. The minimum absolute atomic E-state index is 0.427. The Morgan fingerprint density at radius 3 is 2.56 bits per heavy atom. The third-order valence-corrected chi connectivity index (χ3v) is 5.23. The quantitative estimate of drug-likeness (QED) is 0.464. The fourth-order valence-electron chi connectivity index (χ4n) is 2.44. The number of thiazole rings is 1. The van der Waals surface area contributed by atoms with Crippen LogP contribution in [0.2, 0.25) is 10.0 Å². The SMILES string of the molecule is COc1ccc(-c2csc(/C(C#N)=C\c3ccc(Cl)cc3Cl)n2)cc1OC. The van der Waals surface area contributed by atoms with Crippen molar-refractivity contribution in [3.63, 3.8) is 0 Å². The average molecular weight is 417 g/mol. The van der Waals surface area contributed by atoms with Gasteiger partial charge in [0, 0.05) is 21.0 Å². The number of benzene rings is 2. The molecule has 0 aliphatic heterocycles. The predicted octanol–water partition coefficient (Wildman–Crippen LogP) is 6.20. The Morgan fingerprint density at radius 2 is 1.89 bits per heavy atom. The maximum absolute atomic E-state index is 9.56. The molecule has 0 amide bonds. The van der Waals surface area contributed by atoms with Crippen LogP contribution in [0.5, 0.6) is 11.5 Å². The molecule has 7 heteroatoms. The van der Waals surface area contributed by atoms with Gasteiger partial charge >= 0.3 is 0 Å². The molecule has 3 rings (SSSR count). The second-order valence-corrected chi connectivity index (χ2v) is 7.15. The molecule has 0 saturated heterocycles. The Labute approximate surface area is 171 Å². The van der Waals surface area contributed by atoms with Crippen LogP contribution in [-0.2, 0) is 0 Å². The van der Waals surface area contributed by atoms with Crippen molar-refractivity contribution >= 4 is 46.2 Å². The van der Waals surface area contributed by atoms with Crippen LogP contribution < -0.4 is 9.47 Å². The van der Waals surface area contributed by atoms with Gasteiger partial charge in [-0.25, -0.2) is 4.98 Å². The molecule has 3 aromatic rings. The fraction of sp³-hybridized carbons (Fsp3) is 0.100. The molecule has 0 fully saturated rings. The molecule has 27 heavy (non-hydrogen) atoms. The van der Waals surface area contributed by atoms with Gasteiger partial charge in [0.1, 0.15) is 11.1 Å². The minimum atomic E-state index is 0.427. The maximum Gasteiger partial charge on any atom is 0.161 e. The van der Waals surface area contributed by atoms with Crippen LogP contribution in [0.4, 0.5) is 0 Å². The molecule has 0 N–H and O–H groups in total. The van der Waals surface area contributed by atoms with Gasteiger partial charge in [0.25, 0.3) is 0 Å². The first-order chi connectivity index (χ1) is 13.0. The molecule has 0 atom stereocenters. The van der Waals surface area contributed by atoms with Crippen molar-refractivity contribution in [1.82, 2.24) is 4.98 Å². The largest absolute Gasteiger partial charge is 0.493 e. The number of halogens is 2. The first-order valence-corrected chi connectivity index (χ1v) is 9.44. The van der Waals surface area contributed by atoms with Gasteiger partial charge in [-0.15, -0.1) is 11.3 Å². The highest BCUT2D eigenvalue weighted by Crippen LogP contribution is 2.34. The first-order valence-electron chi connectivity index (χ1n) is 7.81. The van der Waals surface area contributed by atoms with Gasteiger partial charge in [0.05, 0.1) is 25.5 Å². The summed E-state index contributed by atoms with van der Waals surface area (Å²) in [5.41, 5.74) is 2.76. The highest BCUT2D eigenvalue weighted by Gasteiger charge is 2.12. The van der Waals surface area contributed by atoms with Crippen molar-refractivity contribution in [1.29, 1.82) is 5.26 Å². The van der Waals surface area contributed by atoms with E-state index in [0.29, 0.717) is 37.7 Å². The van der Waals surface area contributed by atoms with Crippen molar-refractivity contribution in [3.05, 3.63) is 62.4 Å². The molecule has 0 radical (unpaired) electrons. The maximum atomic E-state index is 9.56. The van der Waals surface area contributed by atoms with E-state index in [1.807, 2.05) is 23.6 Å². The molecular formula is C20H14Cl2N2O2S. The zero-order valence-electron chi connectivity index (χ0n) is 14.5. The Balaban J connectivity index is 1.96. The highest BCUT2D eigenvalue weighted by molar-refractivity contribution is 7.11. The zero-order chi connectivity index (χ0) is 19.4. The molecule has 136 valence electrons. The summed E-state index contributed by atoms with van der Waals surface area (Å²) in [4.78, 5) is 4.59. The second kappa shape index (κ2) is 8.45. The van der Waals surface area contributed by atoms with Gasteiger partial charge in [-0.1, -0.05) is 29.3 Å². The molecule has 0 unspecified atom stereocenters. The molecule has 0 aliphatic rings. The van der Waals surface area contributed by atoms with E-state index in [4.69, 9.17) is 32.7 Å². The number of nitriles is 1. The predicted molar refractivity (Wildman–Crippen MR) is 111 cm³/mol. The summed E-state index contributed by atoms with van der Waals surface area (Å²) in [5, 5.41) is 13.1. The molecule has 0 bridgehead atoms. The van der Waals surface area contributed by atoms with Crippen molar-refractivity contribution < 1.29 is 9.47 Å². The first kappa shape index (κ1) is 19.2. The summed E-state index contributed by atoms with van der Waals surface area (Å²) in [6.07, 6.45) is 1.70. The van der Waals surface area contributed by atoms with E-state index in [1.165, 1.54) is 11.3 Å². The van der Waals surface area contributed by atoms with Crippen LogP contribution in [0.3, 0.4) is 0 Å². The molecule has 4 nitrogen and oxygen atoms in total. The van der Waals surface area contributed by atoms with E-state index in [9.17, 15) is 5.26 Å². The van der Waals surface area contributed by atoms with Crippen molar-refractivity contribution in [2.24, 2.45) is 0 Å². The number of nitrogens with zero attached hydrogens (tertiary/aromatic N) is 2. The molecular weight excluding hydrogens is 403 g/mol. The Morgan fingerprint density at radius 1 is 1.11 bits per heavy atom. The molecule has 0 aliphatic carbocycles. The second-order valence-electron chi connectivity index (χ2n) is 5.44. The summed E-state index contributed by atoms with van der Waals surface area (Å²) in [5.74, 6) is 1.26. The van der Waals surface area contributed by atoms with Gasteiger partial charge in [-0.3, -0.25) is 0 Å². The molecule has 1 heterocycles. The normalized spacial score (nSPS) is 11.1. The smallest absolute Gasteiger partial charge is 0.161 e. The Hall–Kier alpha value is -2.52. The lowest BCUT2D eigenvalue weighted by molar-refractivity contribution is 0.355. The molecule has 2 aromatic carbocycles. The summed E-state index contributed by atoms with van der Waals surface area (Å²) in [7, 11) is 3.17. The van der Waals surface area contributed by atoms with Crippen molar-refractivity contribution in [2.75, 3.05) is 14.2 Å².